The first-order valence-corrected chi connectivity index (χ1v) is 5.42. The minimum absolute atomic E-state index is 0.115. The molecule has 1 aromatic rings. The van der Waals surface area contributed by atoms with E-state index >= 15 is 0 Å². The van der Waals surface area contributed by atoms with E-state index in [4.69, 9.17) is 0 Å². The monoisotopic (exact) mass is 251 g/mol. The van der Waals surface area contributed by atoms with Gasteiger partial charge in [0.15, 0.2) is 0 Å². The van der Waals surface area contributed by atoms with Gasteiger partial charge in [-0.1, -0.05) is 19.1 Å². The maximum absolute atomic E-state index is 11.7. The molecule has 0 aliphatic carbocycles. The van der Waals surface area contributed by atoms with Gasteiger partial charge in [-0.25, -0.2) is 4.79 Å². The molecule has 0 saturated heterocycles. The summed E-state index contributed by atoms with van der Waals surface area (Å²) in [6.07, 6.45) is 0. The molecule has 1 aromatic carbocycles. The van der Waals surface area contributed by atoms with Crippen LogP contribution in [0.5, 0.6) is 0 Å². The lowest BCUT2D eigenvalue weighted by Gasteiger charge is -2.09. The minimum atomic E-state index is -0.920. The maximum Gasteiger partial charge on any atom is 0.375 e. The third-order valence-electron chi connectivity index (χ3n) is 2.45. The van der Waals surface area contributed by atoms with E-state index in [1.807, 2.05) is 0 Å². The fraction of sp³-hybridized carbons (Fsp3) is 0.333. The molecule has 0 N–H and O–H groups in total. The predicted octanol–water partition coefficient (Wildman–Crippen LogP) is 1.83. The van der Waals surface area contributed by atoms with Gasteiger partial charge in [-0.2, -0.15) is 0 Å². The number of ketones is 1. The highest BCUT2D eigenvalue weighted by Gasteiger charge is 2.24. The van der Waals surface area contributed by atoms with Crippen LogP contribution in [0.25, 0.3) is 0 Å². The van der Waals surface area contributed by atoms with E-state index in [0.717, 1.165) is 0 Å². The van der Waals surface area contributed by atoms with E-state index in [0.29, 0.717) is 5.56 Å². The zero-order valence-electron chi connectivity index (χ0n) is 10.1. The average Bonchev–Trinajstić information content (AvgIpc) is 2.37. The van der Waals surface area contributed by atoms with E-state index in [1.54, 1.807) is 13.0 Å². The van der Waals surface area contributed by atoms with Crippen molar-refractivity contribution in [3.63, 3.8) is 0 Å². The number of hydrogen-bond acceptors (Lipinski definition) is 5. The zero-order valence-corrected chi connectivity index (χ0v) is 10.1. The van der Waals surface area contributed by atoms with E-state index in [9.17, 15) is 19.7 Å². The molecule has 0 amide bonds. The van der Waals surface area contributed by atoms with Crippen LogP contribution in [0.2, 0.25) is 0 Å². The van der Waals surface area contributed by atoms with Crippen LogP contribution in [0.3, 0.4) is 0 Å². The number of nitro groups is 1. The Morgan fingerprint density at radius 1 is 1.44 bits per heavy atom. The molecule has 96 valence electrons. The molecule has 0 radical (unpaired) electrons. The number of carbonyl (C=O) groups excluding carboxylic acids is 2. The molecule has 6 heteroatoms. The van der Waals surface area contributed by atoms with Gasteiger partial charge in [0.05, 0.1) is 17.4 Å². The van der Waals surface area contributed by atoms with Gasteiger partial charge in [0.2, 0.25) is 5.78 Å². The predicted molar refractivity (Wildman–Crippen MR) is 63.2 cm³/mol. The van der Waals surface area contributed by atoms with Crippen LogP contribution in [0.4, 0.5) is 5.69 Å². The van der Waals surface area contributed by atoms with Crippen molar-refractivity contribution in [2.45, 2.75) is 19.8 Å². The van der Waals surface area contributed by atoms with E-state index < -0.39 is 22.6 Å². The summed E-state index contributed by atoms with van der Waals surface area (Å²) in [6, 6.07) is 5.64. The number of carbonyl (C=O) groups is 2. The number of non-ortho nitro benzene ring substituents is 1. The number of ether oxygens (including phenoxy) is 1. The number of nitro benzene ring substituents is 1. The van der Waals surface area contributed by atoms with Gasteiger partial charge >= 0.3 is 5.97 Å². The summed E-state index contributed by atoms with van der Waals surface area (Å²) >= 11 is 0. The fourth-order valence-electron chi connectivity index (χ4n) is 1.44. The molecule has 6 nitrogen and oxygen atoms in total. The Morgan fingerprint density at radius 2 is 2.11 bits per heavy atom. The Labute approximate surface area is 104 Å². The first kappa shape index (κ1) is 13.8. The standard InChI is InChI=1S/C12H13NO5/c1-3-18-12(15)11(14)8(2)9-5-4-6-10(7-9)13(16)17/h4-8H,3H2,1-2H3. The Morgan fingerprint density at radius 3 is 2.67 bits per heavy atom. The second-order valence-corrected chi connectivity index (χ2v) is 3.66. The first-order valence-electron chi connectivity index (χ1n) is 5.42. The summed E-state index contributed by atoms with van der Waals surface area (Å²) in [6.45, 7) is 3.23. The maximum atomic E-state index is 11.7. The molecule has 18 heavy (non-hydrogen) atoms. The first-order chi connectivity index (χ1) is 8.47. The Hall–Kier alpha value is -2.24. The van der Waals surface area contributed by atoms with Crippen LogP contribution >= 0.6 is 0 Å². The van der Waals surface area contributed by atoms with Crippen molar-refractivity contribution in [3.8, 4) is 0 Å². The Balaban J connectivity index is 2.93. The van der Waals surface area contributed by atoms with Crippen LogP contribution in [-0.2, 0) is 14.3 Å². The normalized spacial score (nSPS) is 11.7. The summed E-state index contributed by atoms with van der Waals surface area (Å²) in [5.74, 6) is -2.39. The van der Waals surface area contributed by atoms with Crippen molar-refractivity contribution in [2.75, 3.05) is 6.61 Å². The Bertz CT molecular complexity index is 483. The van der Waals surface area contributed by atoms with Gasteiger partial charge in [0.1, 0.15) is 0 Å². The van der Waals surface area contributed by atoms with Crippen molar-refractivity contribution >= 4 is 17.4 Å². The summed E-state index contributed by atoms with van der Waals surface area (Å²) in [5, 5.41) is 10.6. The molecule has 1 rings (SSSR count). The van der Waals surface area contributed by atoms with Crippen molar-refractivity contribution in [3.05, 3.63) is 39.9 Å². The molecular weight excluding hydrogens is 238 g/mol. The molecule has 0 saturated carbocycles. The van der Waals surface area contributed by atoms with Gasteiger partial charge in [-0.05, 0) is 12.5 Å². The number of esters is 1. The molecule has 1 unspecified atom stereocenters. The second kappa shape index (κ2) is 5.90. The van der Waals surface area contributed by atoms with E-state index in [-0.39, 0.29) is 12.3 Å². The molecule has 0 aromatic heterocycles. The quantitative estimate of drug-likeness (QED) is 0.345. The van der Waals surface area contributed by atoms with Gasteiger partial charge in [0.25, 0.3) is 5.69 Å². The molecule has 1 atom stereocenters. The molecule has 0 aliphatic heterocycles. The third kappa shape index (κ3) is 3.13. The van der Waals surface area contributed by atoms with Crippen LogP contribution in [0, 0.1) is 10.1 Å². The van der Waals surface area contributed by atoms with Gasteiger partial charge in [0, 0.05) is 12.1 Å². The number of nitrogens with zero attached hydrogens (tertiary/aromatic N) is 1. The summed E-state index contributed by atoms with van der Waals surface area (Å²) in [4.78, 5) is 33.0. The highest BCUT2D eigenvalue weighted by atomic mass is 16.6. The average molecular weight is 251 g/mol. The molecule has 0 fully saturated rings. The lowest BCUT2D eigenvalue weighted by Crippen LogP contribution is -2.22. The van der Waals surface area contributed by atoms with Crippen LogP contribution in [-0.4, -0.2) is 23.3 Å². The Kier molecular flexibility index (Phi) is 4.53. The summed E-state index contributed by atoms with van der Waals surface area (Å²) in [5.41, 5.74) is 0.304. The van der Waals surface area contributed by atoms with E-state index in [2.05, 4.69) is 4.74 Å². The zero-order chi connectivity index (χ0) is 13.7. The van der Waals surface area contributed by atoms with Crippen molar-refractivity contribution in [2.24, 2.45) is 0 Å². The lowest BCUT2D eigenvalue weighted by molar-refractivity contribution is -0.384. The van der Waals surface area contributed by atoms with Crippen molar-refractivity contribution < 1.29 is 19.2 Å². The van der Waals surface area contributed by atoms with Gasteiger partial charge < -0.3 is 4.74 Å². The van der Waals surface area contributed by atoms with Crippen LogP contribution < -0.4 is 0 Å². The molecule has 0 bridgehead atoms. The number of benzene rings is 1. The summed E-state index contributed by atoms with van der Waals surface area (Å²) in [7, 11) is 0. The number of Topliss-reactive ketones (excluding diaryl/α,β-unsaturated/α-hetero) is 1. The van der Waals surface area contributed by atoms with Gasteiger partial charge in [-0.3, -0.25) is 14.9 Å². The van der Waals surface area contributed by atoms with Crippen LogP contribution in [0.1, 0.15) is 25.3 Å². The lowest BCUT2D eigenvalue weighted by atomic mass is 9.96. The molecule has 0 spiro atoms. The number of rotatable bonds is 5. The largest absolute Gasteiger partial charge is 0.460 e. The van der Waals surface area contributed by atoms with E-state index in [1.165, 1.54) is 25.1 Å². The topological polar surface area (TPSA) is 86.5 Å². The molecular formula is C12H13NO5. The fourth-order valence-corrected chi connectivity index (χ4v) is 1.44. The SMILES string of the molecule is CCOC(=O)C(=O)C(C)c1cccc([N+](=O)[O-])c1. The van der Waals surface area contributed by atoms with Crippen LogP contribution in [0.15, 0.2) is 24.3 Å². The van der Waals surface area contributed by atoms with Gasteiger partial charge in [-0.15, -0.1) is 0 Å². The van der Waals surface area contributed by atoms with Crippen molar-refractivity contribution in [1.29, 1.82) is 0 Å². The smallest absolute Gasteiger partial charge is 0.375 e. The third-order valence-corrected chi connectivity index (χ3v) is 2.45. The second-order valence-electron chi connectivity index (χ2n) is 3.66. The van der Waals surface area contributed by atoms with Crippen molar-refractivity contribution in [1.82, 2.24) is 0 Å². The minimum Gasteiger partial charge on any atom is -0.460 e. The highest BCUT2D eigenvalue weighted by Crippen LogP contribution is 2.21. The molecule has 0 heterocycles. The summed E-state index contributed by atoms with van der Waals surface area (Å²) < 4.78 is 4.60. The number of hydrogen-bond donors (Lipinski definition) is 0. The highest BCUT2D eigenvalue weighted by molar-refractivity contribution is 6.35. The molecule has 0 aliphatic rings.